The van der Waals surface area contributed by atoms with Crippen LogP contribution in [0.3, 0.4) is 0 Å². The van der Waals surface area contributed by atoms with Crippen molar-refractivity contribution in [3.8, 4) is 0 Å². The van der Waals surface area contributed by atoms with E-state index in [4.69, 9.17) is 0 Å². The SMILES string of the molecule is CN(c1nc2[nH]ncc2c(=O)[nH]1)C1CCN(C(=O)C2CCSC2)C1. The molecule has 4 rings (SSSR count). The number of aromatic nitrogens is 4. The van der Waals surface area contributed by atoms with E-state index in [0.717, 1.165) is 30.9 Å². The van der Waals surface area contributed by atoms with Gasteiger partial charge in [0.15, 0.2) is 5.65 Å². The molecule has 2 aromatic rings. The van der Waals surface area contributed by atoms with Crippen LogP contribution >= 0.6 is 11.8 Å². The number of carbonyl (C=O) groups is 1. The molecule has 1 amide bonds. The molecule has 2 atom stereocenters. The van der Waals surface area contributed by atoms with Gasteiger partial charge in [-0.15, -0.1) is 0 Å². The fourth-order valence-corrected chi connectivity index (χ4v) is 4.63. The summed E-state index contributed by atoms with van der Waals surface area (Å²) in [5, 5.41) is 7.05. The van der Waals surface area contributed by atoms with Crippen molar-refractivity contribution >= 4 is 34.7 Å². The van der Waals surface area contributed by atoms with Gasteiger partial charge in [0.05, 0.1) is 12.2 Å². The quantitative estimate of drug-likeness (QED) is 0.835. The summed E-state index contributed by atoms with van der Waals surface area (Å²) < 4.78 is 0. The molecule has 0 bridgehead atoms. The molecule has 2 aliphatic heterocycles. The number of anilines is 1. The van der Waals surface area contributed by atoms with Crippen molar-refractivity contribution in [1.29, 1.82) is 0 Å². The Balaban J connectivity index is 1.49. The Morgan fingerprint density at radius 1 is 1.46 bits per heavy atom. The number of hydrogen-bond donors (Lipinski definition) is 2. The average molecular weight is 348 g/mol. The predicted octanol–water partition coefficient (Wildman–Crippen LogP) is 0.436. The van der Waals surface area contributed by atoms with Gasteiger partial charge in [-0.25, -0.2) is 0 Å². The maximum atomic E-state index is 12.6. The molecule has 2 saturated heterocycles. The Kier molecular flexibility index (Phi) is 3.95. The standard InChI is InChI=1S/C15H20N6O2S/c1-20(15-17-12-11(6-16-19-12)13(22)18-15)10-2-4-21(7-10)14(23)9-3-5-24-8-9/h6,9-10H,2-5,7-8H2,1H3,(H2,16,17,18,19,22). The van der Waals surface area contributed by atoms with Gasteiger partial charge in [0, 0.05) is 31.8 Å². The molecule has 4 heterocycles. The molecule has 128 valence electrons. The number of likely N-dealkylation sites (tertiary alicyclic amines) is 1. The van der Waals surface area contributed by atoms with Crippen LogP contribution in [-0.2, 0) is 4.79 Å². The topological polar surface area (TPSA) is 98.0 Å². The first-order valence-corrected chi connectivity index (χ1v) is 9.31. The number of H-pyrrole nitrogens is 2. The average Bonchev–Trinajstić information content (AvgIpc) is 3.33. The maximum Gasteiger partial charge on any atom is 0.263 e. The number of rotatable bonds is 3. The third-order valence-electron chi connectivity index (χ3n) is 4.94. The molecule has 2 fully saturated rings. The molecule has 2 unspecified atom stereocenters. The summed E-state index contributed by atoms with van der Waals surface area (Å²) >= 11 is 1.86. The molecule has 2 aromatic heterocycles. The Morgan fingerprint density at radius 3 is 3.12 bits per heavy atom. The summed E-state index contributed by atoms with van der Waals surface area (Å²) in [7, 11) is 1.91. The van der Waals surface area contributed by atoms with Gasteiger partial charge in [-0.2, -0.15) is 21.8 Å². The van der Waals surface area contributed by atoms with E-state index in [1.165, 1.54) is 6.20 Å². The second kappa shape index (κ2) is 6.12. The molecule has 2 aliphatic rings. The van der Waals surface area contributed by atoms with E-state index in [9.17, 15) is 9.59 Å². The molecule has 0 spiro atoms. The zero-order chi connectivity index (χ0) is 16.7. The number of likely N-dealkylation sites (N-methyl/N-ethyl adjacent to an activating group) is 1. The van der Waals surface area contributed by atoms with E-state index in [0.29, 0.717) is 23.5 Å². The Morgan fingerprint density at radius 2 is 2.33 bits per heavy atom. The molecule has 8 nitrogen and oxygen atoms in total. The van der Waals surface area contributed by atoms with Crippen molar-refractivity contribution in [1.82, 2.24) is 25.1 Å². The zero-order valence-electron chi connectivity index (χ0n) is 13.5. The lowest BCUT2D eigenvalue weighted by molar-refractivity contribution is -0.133. The molecule has 0 aliphatic carbocycles. The number of nitrogens with one attached hydrogen (secondary N) is 2. The zero-order valence-corrected chi connectivity index (χ0v) is 14.3. The van der Waals surface area contributed by atoms with Gasteiger partial charge in [0.1, 0.15) is 5.39 Å². The second-order valence-corrected chi connectivity index (χ2v) is 7.57. The van der Waals surface area contributed by atoms with Gasteiger partial charge in [-0.05, 0) is 18.6 Å². The van der Waals surface area contributed by atoms with E-state index in [-0.39, 0.29) is 23.4 Å². The van der Waals surface area contributed by atoms with E-state index in [1.807, 2.05) is 28.6 Å². The molecule has 0 saturated carbocycles. The van der Waals surface area contributed by atoms with Crippen LogP contribution in [0.1, 0.15) is 12.8 Å². The van der Waals surface area contributed by atoms with Crippen molar-refractivity contribution in [2.24, 2.45) is 5.92 Å². The third-order valence-corrected chi connectivity index (χ3v) is 6.11. The monoisotopic (exact) mass is 348 g/mol. The number of hydrogen-bond acceptors (Lipinski definition) is 6. The number of fused-ring (bicyclic) bond motifs is 1. The number of nitrogens with zero attached hydrogens (tertiary/aromatic N) is 4. The second-order valence-electron chi connectivity index (χ2n) is 6.42. The van der Waals surface area contributed by atoms with Crippen LogP contribution in [0.2, 0.25) is 0 Å². The van der Waals surface area contributed by atoms with Gasteiger partial charge in [-0.1, -0.05) is 0 Å². The molecule has 2 N–H and O–H groups in total. The summed E-state index contributed by atoms with van der Waals surface area (Å²) in [6.45, 7) is 1.45. The largest absolute Gasteiger partial charge is 0.341 e. The molecule has 0 radical (unpaired) electrons. The van der Waals surface area contributed by atoms with Crippen molar-refractivity contribution in [3.05, 3.63) is 16.6 Å². The summed E-state index contributed by atoms with van der Waals surface area (Å²) in [6.07, 6.45) is 3.35. The molecule has 0 aromatic carbocycles. The van der Waals surface area contributed by atoms with Crippen LogP contribution in [0.15, 0.2) is 11.0 Å². The molecule has 24 heavy (non-hydrogen) atoms. The summed E-state index contributed by atoms with van der Waals surface area (Å²) in [6, 6.07) is 0.159. The number of aromatic amines is 2. The number of carbonyl (C=O) groups excluding carboxylic acids is 1. The minimum atomic E-state index is -0.204. The lowest BCUT2D eigenvalue weighted by atomic mass is 10.1. The first kappa shape index (κ1) is 15.5. The highest BCUT2D eigenvalue weighted by Crippen LogP contribution is 2.27. The van der Waals surface area contributed by atoms with Crippen LogP contribution in [0, 0.1) is 5.92 Å². The Bertz CT molecular complexity index is 812. The summed E-state index contributed by atoms with van der Waals surface area (Å²) in [4.78, 5) is 35.8. The van der Waals surface area contributed by atoms with Gasteiger partial charge in [0.25, 0.3) is 5.56 Å². The summed E-state index contributed by atoms with van der Waals surface area (Å²) in [5.41, 5.74) is 0.277. The van der Waals surface area contributed by atoms with Gasteiger partial charge < -0.3 is 9.80 Å². The van der Waals surface area contributed by atoms with Crippen LogP contribution in [0.4, 0.5) is 5.95 Å². The molecule has 9 heteroatoms. The van der Waals surface area contributed by atoms with Crippen LogP contribution in [0.5, 0.6) is 0 Å². The molecular weight excluding hydrogens is 328 g/mol. The summed E-state index contributed by atoms with van der Waals surface area (Å²) in [5.74, 6) is 3.00. The first-order chi connectivity index (χ1) is 11.6. The lowest BCUT2D eigenvalue weighted by Crippen LogP contribution is -2.40. The normalized spacial score (nSPS) is 24.0. The van der Waals surface area contributed by atoms with E-state index in [2.05, 4.69) is 20.2 Å². The maximum absolute atomic E-state index is 12.6. The Hall–Kier alpha value is -2.03. The van der Waals surface area contributed by atoms with Crippen molar-refractivity contribution in [2.75, 3.05) is 36.5 Å². The third kappa shape index (κ3) is 2.66. The lowest BCUT2D eigenvalue weighted by Gasteiger charge is -2.26. The van der Waals surface area contributed by atoms with Gasteiger partial charge in [0.2, 0.25) is 11.9 Å². The van der Waals surface area contributed by atoms with Gasteiger partial charge in [-0.3, -0.25) is 19.7 Å². The smallest absolute Gasteiger partial charge is 0.263 e. The van der Waals surface area contributed by atoms with Crippen molar-refractivity contribution in [2.45, 2.75) is 18.9 Å². The van der Waals surface area contributed by atoms with Crippen molar-refractivity contribution in [3.63, 3.8) is 0 Å². The van der Waals surface area contributed by atoms with Crippen LogP contribution < -0.4 is 10.5 Å². The minimum absolute atomic E-state index is 0.159. The van der Waals surface area contributed by atoms with E-state index >= 15 is 0 Å². The number of amides is 1. The minimum Gasteiger partial charge on any atom is -0.341 e. The predicted molar refractivity (Wildman–Crippen MR) is 93.3 cm³/mol. The Labute approximate surface area is 143 Å². The fourth-order valence-electron chi connectivity index (χ4n) is 3.42. The van der Waals surface area contributed by atoms with Gasteiger partial charge >= 0.3 is 0 Å². The van der Waals surface area contributed by atoms with Crippen LogP contribution in [-0.4, -0.2) is 68.7 Å². The van der Waals surface area contributed by atoms with E-state index in [1.54, 1.807) is 0 Å². The highest BCUT2D eigenvalue weighted by Gasteiger charge is 2.34. The fraction of sp³-hybridized carbons (Fsp3) is 0.600. The highest BCUT2D eigenvalue weighted by atomic mass is 32.2. The first-order valence-electron chi connectivity index (χ1n) is 8.16. The van der Waals surface area contributed by atoms with Crippen molar-refractivity contribution < 1.29 is 4.79 Å². The molecular formula is C15H20N6O2S. The van der Waals surface area contributed by atoms with E-state index < -0.39 is 0 Å². The highest BCUT2D eigenvalue weighted by molar-refractivity contribution is 7.99. The number of thioether (sulfide) groups is 1. The van der Waals surface area contributed by atoms with Crippen LogP contribution in [0.25, 0.3) is 11.0 Å².